The third-order valence-electron chi connectivity index (χ3n) is 3.08. The average Bonchev–Trinajstić information content (AvgIpc) is 2.74. The number of nitrogens with two attached hydrogens (primary N) is 1. The highest BCUT2D eigenvalue weighted by molar-refractivity contribution is 5.92. The van der Waals surface area contributed by atoms with Crippen molar-refractivity contribution in [2.75, 3.05) is 12.4 Å². The van der Waals surface area contributed by atoms with Gasteiger partial charge in [0, 0.05) is 13.1 Å². The molecule has 22 heavy (non-hydrogen) atoms. The van der Waals surface area contributed by atoms with Gasteiger partial charge in [0.05, 0.1) is 30.6 Å². The fraction of sp³-hybridized carbons (Fsp3) is 0.286. The summed E-state index contributed by atoms with van der Waals surface area (Å²) in [7, 11) is 3.29. The number of aliphatic imine (C=N–C) groups is 1. The van der Waals surface area contributed by atoms with Crippen LogP contribution < -0.4 is 15.8 Å². The molecular weight excluding hydrogens is 292 g/mol. The van der Waals surface area contributed by atoms with Crippen LogP contribution in [-0.2, 0) is 13.6 Å². The molecule has 0 saturated heterocycles. The Hall–Kier alpha value is -2.64. The number of hydrogen-bond donors (Lipinski definition) is 2. The summed E-state index contributed by atoms with van der Waals surface area (Å²) in [5.41, 5.74) is 7.16. The third kappa shape index (κ3) is 3.33. The van der Waals surface area contributed by atoms with Crippen LogP contribution in [0.25, 0.3) is 0 Å². The Balaban J connectivity index is 2.15. The number of nitrogens with zero attached hydrogens (tertiary/aromatic N) is 3. The van der Waals surface area contributed by atoms with Gasteiger partial charge in [0.1, 0.15) is 11.6 Å². The van der Waals surface area contributed by atoms with E-state index in [1.165, 1.54) is 7.11 Å². The van der Waals surface area contributed by atoms with Crippen molar-refractivity contribution in [1.29, 1.82) is 0 Å². The number of guanidine groups is 1. The molecule has 0 unspecified atom stereocenters. The van der Waals surface area contributed by atoms with Gasteiger partial charge in [0.25, 0.3) is 0 Å². The molecule has 8 heteroatoms. The Bertz CT molecular complexity index is 711. The van der Waals surface area contributed by atoms with E-state index in [-0.39, 0.29) is 18.2 Å². The van der Waals surface area contributed by atoms with E-state index in [0.29, 0.717) is 5.88 Å². The third-order valence-corrected chi connectivity index (χ3v) is 3.08. The minimum atomic E-state index is -0.616. The van der Waals surface area contributed by atoms with Crippen molar-refractivity contribution < 1.29 is 13.5 Å². The number of anilines is 1. The molecule has 0 fully saturated rings. The van der Waals surface area contributed by atoms with Gasteiger partial charge in [-0.05, 0) is 19.1 Å². The monoisotopic (exact) mass is 309 g/mol. The van der Waals surface area contributed by atoms with Crippen molar-refractivity contribution in [2.45, 2.75) is 13.5 Å². The number of hydrogen-bond acceptors (Lipinski definition) is 3. The van der Waals surface area contributed by atoms with Crippen LogP contribution in [-0.4, -0.2) is 22.8 Å². The van der Waals surface area contributed by atoms with Gasteiger partial charge in [-0.15, -0.1) is 0 Å². The van der Waals surface area contributed by atoms with Crippen molar-refractivity contribution in [3.63, 3.8) is 0 Å². The molecule has 2 rings (SSSR count). The van der Waals surface area contributed by atoms with Gasteiger partial charge in [-0.1, -0.05) is 0 Å². The number of ether oxygens (including phenoxy) is 1. The number of aryl methyl sites for hydroxylation is 2. The van der Waals surface area contributed by atoms with Crippen molar-refractivity contribution in [3.8, 4) is 5.88 Å². The molecule has 1 aromatic heterocycles. The van der Waals surface area contributed by atoms with Crippen molar-refractivity contribution in [1.82, 2.24) is 9.78 Å². The summed E-state index contributed by atoms with van der Waals surface area (Å²) in [6.45, 7) is 2.03. The van der Waals surface area contributed by atoms with Crippen LogP contribution >= 0.6 is 0 Å². The maximum absolute atomic E-state index is 13.5. The van der Waals surface area contributed by atoms with Crippen LogP contribution in [0, 0.1) is 18.6 Å². The molecule has 2 aromatic rings. The molecule has 6 nitrogen and oxygen atoms in total. The molecule has 3 N–H and O–H groups in total. The van der Waals surface area contributed by atoms with Gasteiger partial charge in [-0.25, -0.2) is 18.5 Å². The zero-order valence-electron chi connectivity index (χ0n) is 12.5. The van der Waals surface area contributed by atoms with Gasteiger partial charge < -0.3 is 15.8 Å². The molecule has 1 heterocycles. The van der Waals surface area contributed by atoms with E-state index in [0.717, 1.165) is 29.5 Å². The fourth-order valence-corrected chi connectivity index (χ4v) is 2.05. The van der Waals surface area contributed by atoms with Gasteiger partial charge in [-0.3, -0.25) is 0 Å². The van der Waals surface area contributed by atoms with Crippen LogP contribution in [0.15, 0.2) is 23.2 Å². The number of nitrogens with one attached hydrogen (secondary N) is 1. The predicted octanol–water partition coefficient (Wildman–Crippen LogP) is 1.94. The van der Waals surface area contributed by atoms with E-state index in [4.69, 9.17) is 10.5 Å². The number of halogens is 2. The largest absolute Gasteiger partial charge is 0.481 e. The number of methoxy groups -OCH3 is 1. The van der Waals surface area contributed by atoms with E-state index in [9.17, 15) is 8.78 Å². The van der Waals surface area contributed by atoms with Gasteiger partial charge in [-0.2, -0.15) is 5.10 Å². The Labute approximate surface area is 126 Å². The second-order valence-electron chi connectivity index (χ2n) is 4.65. The molecule has 0 radical (unpaired) electrons. The molecule has 0 bridgehead atoms. The lowest BCUT2D eigenvalue weighted by Gasteiger charge is -2.07. The molecule has 0 aliphatic carbocycles. The van der Waals surface area contributed by atoms with Crippen LogP contribution in [0.3, 0.4) is 0 Å². The lowest BCUT2D eigenvalue weighted by molar-refractivity contribution is 0.369. The van der Waals surface area contributed by atoms with Crippen LogP contribution in [0.4, 0.5) is 14.5 Å². The molecular formula is C14H17F2N5O. The van der Waals surface area contributed by atoms with E-state index < -0.39 is 11.6 Å². The summed E-state index contributed by atoms with van der Waals surface area (Å²) >= 11 is 0. The topological polar surface area (TPSA) is 77.5 Å². The predicted molar refractivity (Wildman–Crippen MR) is 79.8 cm³/mol. The van der Waals surface area contributed by atoms with Crippen LogP contribution in [0.1, 0.15) is 11.3 Å². The molecule has 118 valence electrons. The summed E-state index contributed by atoms with van der Waals surface area (Å²) in [5.74, 6) is -0.642. The summed E-state index contributed by atoms with van der Waals surface area (Å²) in [6, 6.07) is 3.05. The lowest BCUT2D eigenvalue weighted by Crippen LogP contribution is -2.23. The Morgan fingerprint density at radius 3 is 2.86 bits per heavy atom. The second-order valence-corrected chi connectivity index (χ2v) is 4.65. The summed E-state index contributed by atoms with van der Waals surface area (Å²) in [6.07, 6.45) is 0. The van der Waals surface area contributed by atoms with Gasteiger partial charge >= 0.3 is 0 Å². The maximum Gasteiger partial charge on any atom is 0.216 e. The molecule has 0 aliphatic rings. The zero-order valence-corrected chi connectivity index (χ0v) is 12.5. The van der Waals surface area contributed by atoms with E-state index in [1.807, 2.05) is 6.92 Å². The number of rotatable bonds is 4. The normalized spacial score (nSPS) is 11.6. The van der Waals surface area contributed by atoms with Crippen molar-refractivity contribution in [3.05, 3.63) is 41.1 Å². The molecule has 0 amide bonds. The molecule has 1 aromatic carbocycles. The summed E-state index contributed by atoms with van der Waals surface area (Å²) in [5, 5.41) is 6.75. The van der Waals surface area contributed by atoms with E-state index in [2.05, 4.69) is 15.4 Å². The first-order chi connectivity index (χ1) is 10.4. The minimum absolute atomic E-state index is 0.0326. The number of benzene rings is 1. The molecule has 0 atom stereocenters. The highest BCUT2D eigenvalue weighted by Gasteiger charge is 2.13. The Kier molecular flexibility index (Phi) is 4.59. The zero-order chi connectivity index (χ0) is 16.3. The first-order valence-electron chi connectivity index (χ1n) is 6.50. The standard InChI is InChI=1S/C14H17F2N5O/c1-8-10(13(22-3)21(2)20-8)7-18-14(17)19-12-6-9(15)4-5-11(12)16/h4-6H,7H2,1-3H3,(H3,17,18,19). The average molecular weight is 309 g/mol. The first kappa shape index (κ1) is 15.7. The highest BCUT2D eigenvalue weighted by atomic mass is 19.1. The van der Waals surface area contributed by atoms with E-state index >= 15 is 0 Å². The lowest BCUT2D eigenvalue weighted by atomic mass is 10.2. The summed E-state index contributed by atoms with van der Waals surface area (Å²) < 4.78 is 33.4. The molecule has 0 saturated carbocycles. The van der Waals surface area contributed by atoms with Crippen LogP contribution in [0.2, 0.25) is 0 Å². The highest BCUT2D eigenvalue weighted by Crippen LogP contribution is 2.21. The Morgan fingerprint density at radius 1 is 1.45 bits per heavy atom. The SMILES string of the molecule is COc1c(CN=C(N)Nc2cc(F)ccc2F)c(C)nn1C. The van der Waals surface area contributed by atoms with Gasteiger partial charge in [0.15, 0.2) is 5.96 Å². The maximum atomic E-state index is 13.5. The fourth-order valence-electron chi connectivity index (χ4n) is 2.05. The molecule has 0 aliphatic heterocycles. The number of aromatic nitrogens is 2. The quantitative estimate of drug-likeness (QED) is 0.668. The smallest absolute Gasteiger partial charge is 0.216 e. The van der Waals surface area contributed by atoms with Crippen molar-refractivity contribution in [2.24, 2.45) is 17.8 Å². The summed E-state index contributed by atoms with van der Waals surface area (Å²) in [4.78, 5) is 4.10. The first-order valence-corrected chi connectivity index (χ1v) is 6.50. The second kappa shape index (κ2) is 6.42. The van der Waals surface area contributed by atoms with Crippen molar-refractivity contribution >= 4 is 11.6 Å². The minimum Gasteiger partial charge on any atom is -0.481 e. The Morgan fingerprint density at radius 2 is 2.18 bits per heavy atom. The van der Waals surface area contributed by atoms with E-state index in [1.54, 1.807) is 11.7 Å². The molecule has 0 spiro atoms. The van der Waals surface area contributed by atoms with Gasteiger partial charge in [0.2, 0.25) is 5.88 Å². The van der Waals surface area contributed by atoms with Crippen LogP contribution in [0.5, 0.6) is 5.88 Å².